The average molecular weight is 291 g/mol. The largest absolute Gasteiger partial charge is 0.497 e. The van der Waals surface area contributed by atoms with Gasteiger partial charge in [-0.05, 0) is 34.1 Å². The Balaban J connectivity index is 2.38. The average Bonchev–Trinajstić information content (AvgIpc) is 2.39. The molecule has 0 N–H and O–H groups in total. The zero-order chi connectivity index (χ0) is 12.3. The van der Waals surface area contributed by atoms with Crippen molar-refractivity contribution in [2.24, 2.45) is 0 Å². The number of carbonyl (C=O) groups is 1. The second kappa shape index (κ2) is 5.15. The molecule has 0 radical (unpaired) electrons. The van der Waals surface area contributed by atoms with Crippen molar-refractivity contribution in [3.8, 4) is 5.75 Å². The van der Waals surface area contributed by atoms with E-state index in [9.17, 15) is 4.79 Å². The van der Waals surface area contributed by atoms with E-state index in [1.54, 1.807) is 37.4 Å². The molecule has 0 bridgehead atoms. The molecule has 0 saturated carbocycles. The molecule has 3 heteroatoms. The van der Waals surface area contributed by atoms with Crippen molar-refractivity contribution in [2.45, 2.75) is 0 Å². The third kappa shape index (κ3) is 2.56. The Kier molecular flexibility index (Phi) is 3.59. The highest BCUT2D eigenvalue weighted by Gasteiger charge is 2.12. The molecule has 0 atom stereocenters. The van der Waals surface area contributed by atoms with Crippen molar-refractivity contribution in [2.75, 3.05) is 7.11 Å². The maximum atomic E-state index is 12.2. The summed E-state index contributed by atoms with van der Waals surface area (Å²) in [5.41, 5.74) is 1.32. The first-order chi connectivity index (χ1) is 8.22. The van der Waals surface area contributed by atoms with E-state index >= 15 is 0 Å². The highest BCUT2D eigenvalue weighted by Crippen LogP contribution is 2.24. The molecular weight excluding hydrogens is 280 g/mol. The summed E-state index contributed by atoms with van der Waals surface area (Å²) in [4.78, 5) is 12.2. The van der Waals surface area contributed by atoms with Gasteiger partial charge in [-0.25, -0.2) is 0 Å². The number of carbonyl (C=O) groups excluding carboxylic acids is 1. The Morgan fingerprint density at radius 2 is 1.82 bits per heavy atom. The third-order valence-corrected chi connectivity index (χ3v) is 3.11. The molecule has 0 aliphatic heterocycles. The molecule has 86 valence electrons. The summed E-state index contributed by atoms with van der Waals surface area (Å²) in [7, 11) is 1.60. The maximum Gasteiger partial charge on any atom is 0.194 e. The van der Waals surface area contributed by atoms with Crippen LogP contribution in [-0.4, -0.2) is 12.9 Å². The zero-order valence-corrected chi connectivity index (χ0v) is 10.9. The van der Waals surface area contributed by atoms with Gasteiger partial charge in [-0.3, -0.25) is 4.79 Å². The van der Waals surface area contributed by atoms with Crippen molar-refractivity contribution >= 4 is 21.7 Å². The molecule has 17 heavy (non-hydrogen) atoms. The number of rotatable bonds is 3. The van der Waals surface area contributed by atoms with Crippen LogP contribution in [0.15, 0.2) is 53.0 Å². The molecule has 2 nitrogen and oxygen atoms in total. The lowest BCUT2D eigenvalue weighted by atomic mass is 10.0. The fraction of sp³-hybridized carbons (Fsp3) is 0.0714. The molecule has 2 rings (SSSR count). The summed E-state index contributed by atoms with van der Waals surface area (Å²) in [5.74, 6) is 0.724. The zero-order valence-electron chi connectivity index (χ0n) is 9.31. The Hall–Kier alpha value is -1.61. The predicted octanol–water partition coefficient (Wildman–Crippen LogP) is 3.69. The van der Waals surface area contributed by atoms with Crippen molar-refractivity contribution in [1.82, 2.24) is 0 Å². The Labute approximate surface area is 108 Å². The SMILES string of the molecule is COc1ccc(C(=O)c2ccccc2)c(Br)c1. The van der Waals surface area contributed by atoms with Crippen molar-refractivity contribution in [3.05, 3.63) is 64.1 Å². The molecule has 0 spiro atoms. The summed E-state index contributed by atoms with van der Waals surface area (Å²) in [6.07, 6.45) is 0. The van der Waals surface area contributed by atoms with Crippen molar-refractivity contribution in [1.29, 1.82) is 0 Å². The summed E-state index contributed by atoms with van der Waals surface area (Å²) >= 11 is 3.38. The van der Waals surface area contributed by atoms with Gasteiger partial charge in [-0.15, -0.1) is 0 Å². The number of hydrogen-bond acceptors (Lipinski definition) is 2. The quantitative estimate of drug-likeness (QED) is 0.806. The smallest absolute Gasteiger partial charge is 0.194 e. The Morgan fingerprint density at radius 3 is 2.41 bits per heavy atom. The van der Waals surface area contributed by atoms with Crippen LogP contribution in [0.4, 0.5) is 0 Å². The van der Waals surface area contributed by atoms with E-state index in [4.69, 9.17) is 4.74 Å². The minimum absolute atomic E-state index is 0.000119. The number of benzene rings is 2. The van der Waals surface area contributed by atoms with Crippen LogP contribution < -0.4 is 4.74 Å². The van der Waals surface area contributed by atoms with E-state index in [1.165, 1.54) is 0 Å². The number of halogens is 1. The van der Waals surface area contributed by atoms with Crippen LogP contribution in [0.5, 0.6) is 5.75 Å². The number of ketones is 1. The molecule has 0 aromatic heterocycles. The van der Waals surface area contributed by atoms with Crippen LogP contribution in [-0.2, 0) is 0 Å². The predicted molar refractivity (Wildman–Crippen MR) is 70.6 cm³/mol. The first-order valence-electron chi connectivity index (χ1n) is 5.15. The third-order valence-electron chi connectivity index (χ3n) is 2.46. The highest BCUT2D eigenvalue weighted by atomic mass is 79.9. The van der Waals surface area contributed by atoms with Crippen LogP contribution in [0.3, 0.4) is 0 Å². The molecule has 0 fully saturated rings. The topological polar surface area (TPSA) is 26.3 Å². The molecule has 2 aromatic rings. The lowest BCUT2D eigenvalue weighted by Crippen LogP contribution is -2.02. The van der Waals surface area contributed by atoms with Crippen LogP contribution >= 0.6 is 15.9 Å². The Morgan fingerprint density at radius 1 is 1.12 bits per heavy atom. The number of ether oxygens (including phenoxy) is 1. The molecule has 0 unspecified atom stereocenters. The van der Waals surface area contributed by atoms with Gasteiger partial charge in [0.1, 0.15) is 5.75 Å². The van der Waals surface area contributed by atoms with E-state index < -0.39 is 0 Å². The molecular formula is C14H11BrO2. The summed E-state index contributed by atoms with van der Waals surface area (Å²) < 4.78 is 5.84. The van der Waals surface area contributed by atoms with Gasteiger partial charge in [0.15, 0.2) is 5.78 Å². The summed E-state index contributed by atoms with van der Waals surface area (Å²) in [6.45, 7) is 0. The van der Waals surface area contributed by atoms with Gasteiger partial charge in [0.25, 0.3) is 0 Å². The van der Waals surface area contributed by atoms with Crippen LogP contribution in [0, 0.1) is 0 Å². The van der Waals surface area contributed by atoms with Gasteiger partial charge in [0, 0.05) is 15.6 Å². The fourth-order valence-electron chi connectivity index (χ4n) is 1.55. The fourth-order valence-corrected chi connectivity index (χ4v) is 2.09. The van der Waals surface area contributed by atoms with E-state index in [-0.39, 0.29) is 5.78 Å². The van der Waals surface area contributed by atoms with Gasteiger partial charge in [-0.1, -0.05) is 30.3 Å². The molecule has 0 saturated heterocycles. The normalized spacial score (nSPS) is 10.0. The summed E-state index contributed by atoms with van der Waals surface area (Å²) in [5, 5.41) is 0. The van der Waals surface area contributed by atoms with Crippen molar-refractivity contribution in [3.63, 3.8) is 0 Å². The van der Waals surface area contributed by atoms with Crippen LogP contribution in [0.2, 0.25) is 0 Å². The van der Waals surface area contributed by atoms with E-state index in [1.807, 2.05) is 18.2 Å². The maximum absolute atomic E-state index is 12.2. The summed E-state index contributed by atoms with van der Waals surface area (Å²) in [6, 6.07) is 14.5. The Bertz CT molecular complexity index is 535. The minimum atomic E-state index is 0.000119. The van der Waals surface area contributed by atoms with Gasteiger partial charge < -0.3 is 4.74 Å². The monoisotopic (exact) mass is 290 g/mol. The van der Waals surface area contributed by atoms with Gasteiger partial charge in [0.05, 0.1) is 7.11 Å². The molecule has 0 amide bonds. The van der Waals surface area contributed by atoms with E-state index in [0.29, 0.717) is 11.1 Å². The first kappa shape index (κ1) is 11.9. The van der Waals surface area contributed by atoms with Crippen LogP contribution in [0.25, 0.3) is 0 Å². The van der Waals surface area contributed by atoms with E-state index in [2.05, 4.69) is 15.9 Å². The number of methoxy groups -OCH3 is 1. The minimum Gasteiger partial charge on any atom is -0.497 e. The molecule has 0 aliphatic rings. The molecule has 0 aliphatic carbocycles. The first-order valence-corrected chi connectivity index (χ1v) is 5.95. The lowest BCUT2D eigenvalue weighted by molar-refractivity contribution is 0.103. The van der Waals surface area contributed by atoms with Gasteiger partial charge >= 0.3 is 0 Å². The van der Waals surface area contributed by atoms with Crippen LogP contribution in [0.1, 0.15) is 15.9 Å². The molecule has 2 aromatic carbocycles. The highest BCUT2D eigenvalue weighted by molar-refractivity contribution is 9.10. The molecule has 0 heterocycles. The van der Waals surface area contributed by atoms with E-state index in [0.717, 1.165) is 10.2 Å². The van der Waals surface area contributed by atoms with Crippen molar-refractivity contribution < 1.29 is 9.53 Å². The second-order valence-electron chi connectivity index (χ2n) is 3.54. The second-order valence-corrected chi connectivity index (χ2v) is 4.40. The number of hydrogen-bond donors (Lipinski definition) is 0. The van der Waals surface area contributed by atoms with Gasteiger partial charge in [0.2, 0.25) is 0 Å². The standard InChI is InChI=1S/C14H11BrO2/c1-17-11-7-8-12(13(15)9-11)14(16)10-5-3-2-4-6-10/h2-9H,1H3. The van der Waals surface area contributed by atoms with Gasteiger partial charge in [-0.2, -0.15) is 0 Å². The lowest BCUT2D eigenvalue weighted by Gasteiger charge is -2.06.